The van der Waals surface area contributed by atoms with Crippen LogP contribution in [0.4, 0.5) is 13.6 Å². The molecule has 2 aromatic rings. The molecule has 1 aromatic heterocycles. The lowest BCUT2D eigenvalue weighted by Crippen LogP contribution is -2.35. The molecule has 0 atom stereocenters. The van der Waals surface area contributed by atoms with Crippen LogP contribution in [-0.2, 0) is 9.84 Å². The normalized spacial score (nSPS) is 11.6. The van der Waals surface area contributed by atoms with Gasteiger partial charge in [-0.25, -0.2) is 22.0 Å². The Bertz CT molecular complexity index is 899. The van der Waals surface area contributed by atoms with Gasteiger partial charge in [-0.05, 0) is 25.5 Å². The van der Waals surface area contributed by atoms with E-state index in [2.05, 4.69) is 5.10 Å². The second kappa shape index (κ2) is 7.49. The van der Waals surface area contributed by atoms with Gasteiger partial charge in [-0.1, -0.05) is 18.5 Å². The van der Waals surface area contributed by atoms with Crippen molar-refractivity contribution in [1.82, 2.24) is 14.7 Å². The Hall–Kier alpha value is -2.00. The Kier molecular flexibility index (Phi) is 5.79. The molecule has 25 heavy (non-hydrogen) atoms. The van der Waals surface area contributed by atoms with Crippen LogP contribution in [0.5, 0.6) is 0 Å². The van der Waals surface area contributed by atoms with E-state index in [1.807, 2.05) is 6.92 Å². The van der Waals surface area contributed by atoms with Crippen LogP contribution < -0.4 is 0 Å². The van der Waals surface area contributed by atoms with Gasteiger partial charge in [-0.2, -0.15) is 9.78 Å². The molecule has 6 nitrogen and oxygen atoms in total. The predicted octanol–water partition coefficient (Wildman–Crippen LogP) is 3.35. The van der Waals surface area contributed by atoms with Gasteiger partial charge in [0.1, 0.15) is 16.5 Å². The van der Waals surface area contributed by atoms with Crippen molar-refractivity contribution in [3.63, 3.8) is 0 Å². The lowest BCUT2D eigenvalue weighted by atomic mass is 10.3. The summed E-state index contributed by atoms with van der Waals surface area (Å²) in [6.07, 6.45) is 1.76. The molecule has 0 saturated carbocycles. The Morgan fingerprint density at radius 1 is 1.32 bits per heavy atom. The van der Waals surface area contributed by atoms with Gasteiger partial charge in [-0.15, -0.1) is 0 Å². The maximum absolute atomic E-state index is 13.8. The van der Waals surface area contributed by atoms with E-state index in [-0.39, 0.29) is 5.02 Å². The van der Waals surface area contributed by atoms with Crippen LogP contribution in [0.15, 0.2) is 34.3 Å². The number of sulfone groups is 1. The van der Waals surface area contributed by atoms with E-state index < -0.39 is 37.4 Å². The summed E-state index contributed by atoms with van der Waals surface area (Å²) in [5.74, 6) is -2.18. The Balaban J connectivity index is 2.47. The Morgan fingerprint density at radius 2 is 2.00 bits per heavy atom. The minimum absolute atomic E-state index is 0.329. The number of rotatable bonds is 5. The number of hydrogen-bond donors (Lipinski definition) is 0. The number of benzene rings is 1. The van der Waals surface area contributed by atoms with E-state index in [0.29, 0.717) is 25.6 Å². The summed E-state index contributed by atoms with van der Waals surface area (Å²) in [5, 5.41) is 2.72. The molecule has 0 aliphatic carbocycles. The van der Waals surface area contributed by atoms with Crippen molar-refractivity contribution in [1.29, 1.82) is 0 Å². The third-order valence-corrected chi connectivity index (χ3v) is 5.53. The van der Waals surface area contributed by atoms with E-state index in [9.17, 15) is 22.0 Å². The van der Waals surface area contributed by atoms with Crippen molar-refractivity contribution in [2.45, 2.75) is 30.2 Å². The summed E-state index contributed by atoms with van der Waals surface area (Å²) in [7, 11) is -4.45. The zero-order valence-corrected chi connectivity index (χ0v) is 15.1. The predicted molar refractivity (Wildman–Crippen MR) is 87.4 cm³/mol. The van der Waals surface area contributed by atoms with Crippen LogP contribution in [-0.4, -0.2) is 42.2 Å². The van der Waals surface area contributed by atoms with Gasteiger partial charge in [-0.3, -0.25) is 0 Å². The average molecular weight is 392 g/mol. The van der Waals surface area contributed by atoms with Crippen LogP contribution in [0.25, 0.3) is 0 Å². The molecule has 0 saturated heterocycles. The summed E-state index contributed by atoms with van der Waals surface area (Å²) in [4.78, 5) is 13.0. The molecular weight excluding hydrogens is 376 g/mol. The van der Waals surface area contributed by atoms with Crippen LogP contribution >= 0.6 is 11.6 Å². The van der Waals surface area contributed by atoms with Crippen molar-refractivity contribution in [3.05, 3.63) is 41.1 Å². The van der Waals surface area contributed by atoms with Gasteiger partial charge in [0.25, 0.3) is 0 Å². The topological polar surface area (TPSA) is 72.3 Å². The number of carbonyl (C=O) groups excluding carboxylic acids is 1. The average Bonchev–Trinajstić information content (AvgIpc) is 2.94. The maximum atomic E-state index is 13.8. The first-order chi connectivity index (χ1) is 11.7. The van der Waals surface area contributed by atoms with Crippen LogP contribution in [0.1, 0.15) is 20.3 Å². The molecule has 2 rings (SSSR count). The van der Waals surface area contributed by atoms with E-state index in [1.165, 1.54) is 4.90 Å². The van der Waals surface area contributed by atoms with Gasteiger partial charge >= 0.3 is 6.03 Å². The van der Waals surface area contributed by atoms with Gasteiger partial charge < -0.3 is 4.90 Å². The molecule has 0 spiro atoms. The summed E-state index contributed by atoms with van der Waals surface area (Å²) in [5.41, 5.74) is 0. The van der Waals surface area contributed by atoms with Gasteiger partial charge in [0.2, 0.25) is 14.9 Å². The number of amides is 1. The van der Waals surface area contributed by atoms with Crippen molar-refractivity contribution in [2.24, 2.45) is 0 Å². The summed E-state index contributed by atoms with van der Waals surface area (Å²) >= 11 is 5.90. The maximum Gasteiger partial charge on any atom is 0.344 e. The van der Waals surface area contributed by atoms with Crippen molar-refractivity contribution < 1.29 is 22.0 Å². The highest BCUT2D eigenvalue weighted by Crippen LogP contribution is 2.28. The fourth-order valence-electron chi connectivity index (χ4n) is 2.22. The van der Waals surface area contributed by atoms with Crippen molar-refractivity contribution >= 4 is 27.5 Å². The molecule has 0 unspecified atom stereocenters. The molecule has 136 valence electrons. The molecule has 1 amide bonds. The molecule has 0 radical (unpaired) electrons. The van der Waals surface area contributed by atoms with E-state index >= 15 is 0 Å². The quantitative estimate of drug-likeness (QED) is 0.733. The zero-order valence-electron chi connectivity index (χ0n) is 13.5. The van der Waals surface area contributed by atoms with Crippen LogP contribution in [0.3, 0.4) is 0 Å². The smallest absolute Gasteiger partial charge is 0.323 e. The van der Waals surface area contributed by atoms with E-state index in [4.69, 9.17) is 11.6 Å². The van der Waals surface area contributed by atoms with Gasteiger partial charge in [0, 0.05) is 19.2 Å². The minimum Gasteiger partial charge on any atom is -0.323 e. The van der Waals surface area contributed by atoms with Crippen molar-refractivity contribution in [2.75, 3.05) is 13.1 Å². The number of hydrogen-bond acceptors (Lipinski definition) is 4. The summed E-state index contributed by atoms with van der Waals surface area (Å²) in [6, 6.07) is 1.49. The fourth-order valence-corrected chi connectivity index (χ4v) is 3.93. The molecule has 1 aromatic carbocycles. The Labute approximate surface area is 148 Å². The largest absolute Gasteiger partial charge is 0.344 e. The Morgan fingerprint density at radius 3 is 2.56 bits per heavy atom. The summed E-state index contributed by atoms with van der Waals surface area (Å²) < 4.78 is 52.7. The molecule has 0 N–H and O–H groups in total. The first kappa shape index (κ1) is 19.3. The van der Waals surface area contributed by atoms with E-state index in [0.717, 1.165) is 23.0 Å². The summed E-state index contributed by atoms with van der Waals surface area (Å²) in [6.45, 7) is 4.52. The van der Waals surface area contributed by atoms with Gasteiger partial charge in [0.15, 0.2) is 0 Å². The molecular formula is C15H16ClF2N3O3S. The molecule has 10 heteroatoms. The standard InChI is InChI=1S/C15H16ClF2N3O3S/c1-3-7-20(4-2)15(22)21-9-11(16)14(19-21)25(23,24)13-6-5-10(17)8-12(13)18/h5-6,8-9H,3-4,7H2,1-2H3. The second-order valence-corrected chi connectivity index (χ2v) is 7.41. The number of halogens is 3. The van der Waals surface area contributed by atoms with Crippen molar-refractivity contribution in [3.8, 4) is 0 Å². The SMILES string of the molecule is CCCN(CC)C(=O)n1cc(Cl)c(S(=O)(=O)c2ccc(F)cc2F)n1. The molecule has 0 bridgehead atoms. The fraction of sp³-hybridized carbons (Fsp3) is 0.333. The first-order valence-corrected chi connectivity index (χ1v) is 9.33. The second-order valence-electron chi connectivity index (χ2n) is 5.17. The number of carbonyl (C=O) groups is 1. The molecule has 0 aliphatic rings. The molecule has 1 heterocycles. The third-order valence-electron chi connectivity index (χ3n) is 3.42. The van der Waals surface area contributed by atoms with Gasteiger partial charge in [0.05, 0.1) is 11.2 Å². The molecule has 0 aliphatic heterocycles. The highest BCUT2D eigenvalue weighted by molar-refractivity contribution is 7.91. The highest BCUT2D eigenvalue weighted by atomic mass is 35.5. The first-order valence-electron chi connectivity index (χ1n) is 7.47. The number of nitrogens with zero attached hydrogens (tertiary/aromatic N) is 3. The minimum atomic E-state index is -4.45. The monoisotopic (exact) mass is 391 g/mol. The highest BCUT2D eigenvalue weighted by Gasteiger charge is 2.29. The van der Waals surface area contributed by atoms with Crippen LogP contribution in [0.2, 0.25) is 5.02 Å². The number of aromatic nitrogens is 2. The van der Waals surface area contributed by atoms with Crippen LogP contribution in [0, 0.1) is 11.6 Å². The van der Waals surface area contributed by atoms with E-state index in [1.54, 1.807) is 6.92 Å². The lowest BCUT2D eigenvalue weighted by Gasteiger charge is -2.19. The lowest BCUT2D eigenvalue weighted by molar-refractivity contribution is 0.198. The third kappa shape index (κ3) is 3.82. The zero-order chi connectivity index (χ0) is 18.8. The molecule has 0 fully saturated rings.